The van der Waals surface area contributed by atoms with Crippen molar-refractivity contribution < 1.29 is 137 Å². The van der Waals surface area contributed by atoms with Gasteiger partial charge in [0.05, 0.1) is 16.7 Å². The maximum absolute atomic E-state index is 17.4. The van der Waals surface area contributed by atoms with Crippen LogP contribution in [0.1, 0.15) is 191 Å². The molecule has 0 saturated carbocycles. The van der Waals surface area contributed by atoms with E-state index in [4.69, 9.17) is 60.9 Å². The number of aromatic hydroxyl groups is 3. The molecule has 5 saturated heterocycles. The van der Waals surface area contributed by atoms with Crippen molar-refractivity contribution >= 4 is 84.4 Å². The number of unbranched alkanes of at least 4 members (excludes halogenated alkanes) is 8. The van der Waals surface area contributed by atoms with Crippen LogP contribution >= 0.6 is 31.1 Å². The smallest absolute Gasteiger partial charge is 0.417 e. The van der Waals surface area contributed by atoms with E-state index in [1.165, 1.54) is 73.8 Å². The third-order valence-electron chi connectivity index (χ3n) is 27.4. The van der Waals surface area contributed by atoms with E-state index in [2.05, 4.69) is 68.8 Å². The fourth-order valence-corrected chi connectivity index (χ4v) is 24.5. The molecule has 18 rings (SSSR count). The van der Waals surface area contributed by atoms with Crippen LogP contribution in [0.25, 0.3) is 11.1 Å². The van der Waals surface area contributed by atoms with E-state index in [9.17, 15) is 65.8 Å². The highest BCUT2D eigenvalue weighted by Crippen LogP contribution is 2.71. The number of hydrogen-bond acceptors (Lipinski definition) is 32. The van der Waals surface area contributed by atoms with E-state index >= 15 is 33.6 Å². The first-order valence-corrected chi connectivity index (χ1v) is 51.1. The number of aliphatic hydroxyl groups excluding tert-OH is 7. The molecule has 44 heteroatoms. The molecule has 17 bridgehead atoms. The average molecular weight is 2060 g/mol. The number of amides is 8. The Bertz CT molecular complexity index is 5840. The zero-order valence-corrected chi connectivity index (χ0v) is 82.2. The highest BCUT2D eigenvalue weighted by molar-refractivity contribution is 7.64. The van der Waals surface area contributed by atoms with Crippen LogP contribution in [0.4, 0.5) is 0 Å². The summed E-state index contributed by atoms with van der Waals surface area (Å²) in [7, 11) is 1.82. The zero-order chi connectivity index (χ0) is 102. The Labute approximate surface area is 840 Å². The number of phenols is 3. The summed E-state index contributed by atoms with van der Waals surface area (Å²) >= 11 is 15.5. The van der Waals surface area contributed by atoms with Crippen LogP contribution in [0, 0.1) is 0 Å². The Kier molecular flexibility index (Phi) is 33.9. The van der Waals surface area contributed by atoms with Crippen LogP contribution in [0.2, 0.25) is 10.0 Å². The van der Waals surface area contributed by atoms with E-state index in [0.717, 1.165) is 132 Å². The molecule has 144 heavy (non-hydrogen) atoms. The molecule has 11 aliphatic heterocycles. The van der Waals surface area contributed by atoms with Crippen molar-refractivity contribution in [1.29, 1.82) is 0 Å². The molecule has 41 nitrogen and oxygen atoms in total. The molecule has 7 aromatic rings. The zero-order valence-electron chi connectivity index (χ0n) is 79.8. The number of carboxylic acid groups (broad SMARTS) is 1. The molecular weight excluding hydrogens is 1930 g/mol. The van der Waals surface area contributed by atoms with Gasteiger partial charge in [-0.15, -0.1) is 14.0 Å². The van der Waals surface area contributed by atoms with Gasteiger partial charge in [0, 0.05) is 87.5 Å². The molecule has 20 N–H and O–H groups in total. The standard InChI is InChI=1S/C100H122Cl2N13O28P/c1-5-6-7-8-9-10-11-12-13-21-73(120)106-82-85(123)87(125)90(98(134)135)142-99(82)141-89-70-44-55-45-71(89)138-66-31-26-54(42-62(66)101)83(121)81-97(133)110-79(92(128)104-32-20-33-112(3)4)60-46-56(117)47-68(139-100-88(126)86(124)84(122)72(50-116)140-100)74(60)59-41-52(24-29-64(59)118)77(94(130)111-81)107-95(131)78(55)108-96(132)80-61-48-58(49-69(75(61)102)143-144(113-34-14-15-35-113,114-36-16-17-37-114)115-38-18-19-39-115)137-67-43-53(25-30-65(67)119)76(103-2)93(129)105-63(91(127)109-80)40-51-22-27-57(136-70)28-23-51/h22-31,41-49,63,72,76-88,90,99-100,103,116,121-126H,5-21,32-40,50H2,1-4H3,(H11-,104,105,106,107,108,109,110,111,117,118,119,120,127,128,129,130,131,132,133,134,135)/p+1/t63-,72-,76+,77-,78-,79+,80+,81+,82-,83-,84-,85-,86+,87+,88+,90+,99-,100+/m1/s1. The number of carbonyl (C=O) groups excluding carboxylic acids is 8. The second kappa shape index (κ2) is 46.4. The lowest BCUT2D eigenvalue weighted by molar-refractivity contribution is -0.277. The van der Waals surface area contributed by atoms with Crippen molar-refractivity contribution in [3.63, 3.8) is 0 Å². The third kappa shape index (κ3) is 23.1. The van der Waals surface area contributed by atoms with Crippen molar-refractivity contribution in [3.05, 3.63) is 164 Å². The van der Waals surface area contributed by atoms with E-state index in [-0.39, 0.29) is 69.7 Å². The summed E-state index contributed by atoms with van der Waals surface area (Å²) in [5.41, 5.74) is -2.25. The Morgan fingerprint density at radius 2 is 1.14 bits per heavy atom. The number of aliphatic carboxylic acids is 1. The first-order chi connectivity index (χ1) is 69.2. The number of nitrogens with zero attached hydrogens (tertiary/aromatic N) is 4. The monoisotopic (exact) mass is 2050 g/mol. The van der Waals surface area contributed by atoms with Crippen molar-refractivity contribution in [2.24, 2.45) is 0 Å². The van der Waals surface area contributed by atoms with Gasteiger partial charge in [0.25, 0.3) is 0 Å². The molecule has 8 amide bonds. The number of carbonyl (C=O) groups is 9. The van der Waals surface area contributed by atoms with Crippen LogP contribution in [0.3, 0.4) is 0 Å². The maximum atomic E-state index is 17.4. The highest BCUT2D eigenvalue weighted by atomic mass is 35.5. The summed E-state index contributed by atoms with van der Waals surface area (Å²) in [5, 5.41) is 153. The second-order valence-electron chi connectivity index (χ2n) is 37.8. The SMILES string of the molecule is CCCCCCCCCCCC(=O)N[C@H]1[C@H](Oc2c3cc4cc2Oc2ccc(cc2Cl)[C@@H](O)[C@@H]2NC(=O)[C@H](NC(=O)[C@@H]4NC(=O)[C@H]4NC(=O)[C@@H](Cc5ccc(cc5)O3)NC(=O)[C@@H](NC)c3ccc(O)c(c3)Oc3cc(O[P+](N5CCCC5)(N5CCCC5)N5CCCC5)c(Cl)c4c3)c3ccc(O)c(c3)-c3c(O[C@H]4O[C@H](CO)[C@@H](O)[C@H](O)[C@@H]4O)cc(O)cc3[C@@H](C(=O)NCCCN(C)C)NC2=O)O[C@H](C(=O)O)[C@@H](O)[C@@H]1O. The largest absolute Gasteiger partial charge is 0.508 e. The third-order valence-corrected chi connectivity index (χ3v) is 31.9. The predicted molar refractivity (Wildman–Crippen MR) is 520 cm³/mol. The van der Waals surface area contributed by atoms with Crippen LogP contribution in [-0.4, -0.2) is 282 Å². The molecule has 0 aliphatic carbocycles. The predicted octanol–water partition coefficient (Wildman–Crippen LogP) is 6.95. The number of likely N-dealkylation sites (N-methyl/N-ethyl adjacent to an activating group) is 1. The highest BCUT2D eigenvalue weighted by Gasteiger charge is 2.63. The Morgan fingerprint density at radius 3 is 1.78 bits per heavy atom. The summed E-state index contributed by atoms with van der Waals surface area (Å²) < 4.78 is 60.6. The molecule has 7 aromatic carbocycles. The lowest BCUT2D eigenvalue weighted by Gasteiger charge is -2.41. The molecule has 774 valence electrons. The number of nitrogens with one attached hydrogen (secondary N) is 9. The Morgan fingerprint density at radius 1 is 0.535 bits per heavy atom. The number of halogens is 2. The Hall–Kier alpha value is -11.6. The van der Waals surface area contributed by atoms with Gasteiger partial charge in [-0.1, -0.05) is 112 Å². The van der Waals surface area contributed by atoms with Gasteiger partial charge < -0.3 is 142 Å². The minimum atomic E-state index is -3.22. The molecule has 0 unspecified atom stereocenters. The number of fused-ring (bicyclic) bond motifs is 14. The minimum absolute atomic E-state index is 0.0778. The fraction of sp³-hybridized carbons (Fsp3) is 0.490. The molecule has 11 aliphatic rings. The van der Waals surface area contributed by atoms with Crippen LogP contribution < -0.4 is 76.1 Å². The van der Waals surface area contributed by atoms with Gasteiger partial charge in [-0.2, -0.15) is 0 Å². The first-order valence-electron chi connectivity index (χ1n) is 48.8. The van der Waals surface area contributed by atoms with E-state index in [1.807, 2.05) is 4.90 Å². The molecule has 18 atom stereocenters. The second-order valence-corrected chi connectivity index (χ2v) is 41.5. The van der Waals surface area contributed by atoms with E-state index in [0.29, 0.717) is 70.6 Å². The quantitative estimate of drug-likeness (QED) is 0.0174. The summed E-state index contributed by atoms with van der Waals surface area (Å²) in [6.45, 7) is 5.16. The molecule has 0 spiro atoms. The summed E-state index contributed by atoms with van der Waals surface area (Å²) in [4.78, 5) is 144. The fourth-order valence-electron chi connectivity index (χ4n) is 19.7. The van der Waals surface area contributed by atoms with Gasteiger partial charge >= 0.3 is 13.9 Å². The molecule has 0 aromatic heterocycles. The summed E-state index contributed by atoms with van der Waals surface area (Å²) in [6, 6.07) is 7.43. The van der Waals surface area contributed by atoms with Gasteiger partial charge in [-0.3, -0.25) is 42.9 Å². The van der Waals surface area contributed by atoms with Gasteiger partial charge in [-0.05, 0) is 185 Å². The number of phenolic OH excluding ortho intramolecular Hbond substituents is 3. The molecule has 0 radical (unpaired) electrons. The number of hydrogen-bond donors (Lipinski definition) is 20. The lowest BCUT2D eigenvalue weighted by atomic mass is 9.89. The molecular formula is C100H123Cl2N13O28P+. The van der Waals surface area contributed by atoms with Gasteiger partial charge in [0.15, 0.2) is 29.1 Å². The average Bonchev–Trinajstić information content (AvgIpc) is 1.71. The van der Waals surface area contributed by atoms with E-state index in [1.54, 1.807) is 14.1 Å². The van der Waals surface area contributed by atoms with Crippen LogP contribution in [0.5, 0.6) is 69.0 Å². The number of rotatable bonds is 28. The van der Waals surface area contributed by atoms with Crippen molar-refractivity contribution in [2.45, 2.75) is 232 Å². The number of ether oxygens (including phenoxy) is 7. The van der Waals surface area contributed by atoms with Crippen molar-refractivity contribution in [3.8, 4) is 80.1 Å². The number of carboxylic acids is 1. The Balaban J connectivity index is 0.930. The van der Waals surface area contributed by atoms with Gasteiger partial charge in [0.2, 0.25) is 71.3 Å². The molecule has 11 heterocycles. The van der Waals surface area contributed by atoms with Crippen molar-refractivity contribution in [2.75, 3.05) is 80.1 Å². The van der Waals surface area contributed by atoms with Gasteiger partial charge in [0.1, 0.15) is 126 Å². The van der Waals surface area contributed by atoms with E-state index < -0.39 is 251 Å². The summed E-state index contributed by atoms with van der Waals surface area (Å²) in [6.07, 6.45) is -8.57. The van der Waals surface area contributed by atoms with Crippen molar-refractivity contribution in [1.82, 2.24) is 66.8 Å². The minimum Gasteiger partial charge on any atom is -0.508 e. The molecule has 5 fully saturated rings. The normalized spacial score (nSPS) is 26.4. The summed E-state index contributed by atoms with van der Waals surface area (Å²) in [5.74, 6) is -16.4. The topological polar surface area (TPSA) is 571 Å². The number of aliphatic hydroxyl groups is 7. The van der Waals surface area contributed by atoms with Gasteiger partial charge in [-0.25, -0.2) is 4.79 Å². The lowest BCUT2D eigenvalue weighted by Crippen LogP contribution is -2.66. The van der Waals surface area contributed by atoms with Crippen LogP contribution in [-0.2, 0) is 59.0 Å². The first kappa shape index (κ1) is 105. The van der Waals surface area contributed by atoms with Crippen LogP contribution in [0.15, 0.2) is 115 Å². The maximum Gasteiger partial charge on any atom is 0.417 e. The number of benzene rings is 7.